The minimum Gasteiger partial charge on any atom is -0.344 e. The summed E-state index contributed by atoms with van der Waals surface area (Å²) in [5, 5.41) is 5.28. The molecule has 2 aromatic rings. The first-order valence-corrected chi connectivity index (χ1v) is 18.1. The molecule has 4 rings (SSSR count). The van der Waals surface area contributed by atoms with Crippen LogP contribution in [0.4, 0.5) is 13.2 Å². The van der Waals surface area contributed by atoms with E-state index in [4.69, 9.17) is 11.6 Å². The Hall–Kier alpha value is -3.98. The van der Waals surface area contributed by atoms with Crippen molar-refractivity contribution in [3.63, 3.8) is 0 Å². The molecule has 3 N–H and O–H groups in total. The Labute approximate surface area is 293 Å². The third-order valence-corrected chi connectivity index (χ3v) is 10.7. The molecule has 50 heavy (non-hydrogen) atoms. The Morgan fingerprint density at radius 2 is 1.34 bits per heavy atom. The molecule has 1 heterocycles. The average Bonchev–Trinajstić information content (AvgIpc) is 3.44. The molecular weight excluding hydrogens is 701 g/mol. The highest BCUT2D eigenvalue weighted by molar-refractivity contribution is 7.90. The Morgan fingerprint density at radius 3 is 1.88 bits per heavy atom. The van der Waals surface area contributed by atoms with Gasteiger partial charge in [0.1, 0.15) is 12.1 Å². The summed E-state index contributed by atoms with van der Waals surface area (Å²) in [5.41, 5.74) is -0.00852. The lowest BCUT2D eigenvalue weighted by Gasteiger charge is -2.37. The number of fused-ring (bicyclic) bond motifs is 1. The summed E-state index contributed by atoms with van der Waals surface area (Å²) in [7, 11) is -4.21. The first-order chi connectivity index (χ1) is 23.3. The van der Waals surface area contributed by atoms with Gasteiger partial charge in [0.15, 0.2) is 0 Å². The number of halogens is 4. The van der Waals surface area contributed by atoms with Crippen LogP contribution in [0.3, 0.4) is 0 Å². The van der Waals surface area contributed by atoms with Crippen LogP contribution < -0.4 is 15.4 Å². The number of amides is 4. The summed E-state index contributed by atoms with van der Waals surface area (Å²) in [4.78, 5) is 67.2. The van der Waals surface area contributed by atoms with Crippen molar-refractivity contribution in [2.75, 3.05) is 0 Å². The van der Waals surface area contributed by atoms with Gasteiger partial charge in [0.25, 0.3) is 27.6 Å². The molecule has 11 nitrogen and oxygen atoms in total. The van der Waals surface area contributed by atoms with Gasteiger partial charge in [0.05, 0.1) is 10.9 Å². The molecule has 5 atom stereocenters. The maximum absolute atomic E-state index is 14.2. The van der Waals surface area contributed by atoms with Gasteiger partial charge in [-0.15, -0.1) is 0 Å². The number of carbonyl (C=O) groups is 5. The molecule has 0 radical (unpaired) electrons. The molecule has 1 saturated heterocycles. The van der Waals surface area contributed by atoms with Gasteiger partial charge in [-0.05, 0) is 85.5 Å². The molecule has 0 aromatic heterocycles. The van der Waals surface area contributed by atoms with Gasteiger partial charge in [0.2, 0.25) is 11.8 Å². The summed E-state index contributed by atoms with van der Waals surface area (Å²) in [6.45, 7) is 6.16. The van der Waals surface area contributed by atoms with Crippen LogP contribution in [0.5, 0.6) is 0 Å². The van der Waals surface area contributed by atoms with E-state index in [1.807, 2.05) is 4.72 Å². The van der Waals surface area contributed by atoms with E-state index in [1.54, 1.807) is 13.8 Å². The van der Waals surface area contributed by atoms with Crippen LogP contribution in [0, 0.1) is 17.8 Å². The predicted molar refractivity (Wildman–Crippen MR) is 177 cm³/mol. The van der Waals surface area contributed by atoms with Crippen LogP contribution in [0.15, 0.2) is 53.4 Å². The second kappa shape index (κ2) is 15.5. The van der Waals surface area contributed by atoms with E-state index in [0.29, 0.717) is 17.9 Å². The quantitative estimate of drug-likeness (QED) is 0.303. The number of carbonyl (C=O) groups excluding carboxylic acids is 5. The average molecular weight is 741 g/mol. The zero-order valence-electron chi connectivity index (χ0n) is 27.9. The number of likely N-dealkylation sites (tertiary alicyclic amines) is 1. The van der Waals surface area contributed by atoms with Crippen molar-refractivity contribution < 1.29 is 45.6 Å². The summed E-state index contributed by atoms with van der Waals surface area (Å²) in [5.74, 6) is -6.56. The first-order valence-electron chi connectivity index (χ1n) is 16.3. The number of benzene rings is 2. The van der Waals surface area contributed by atoms with Crippen LogP contribution >= 0.6 is 11.6 Å². The molecule has 272 valence electrons. The minimum absolute atomic E-state index is 0.0530. The molecule has 16 heteroatoms. The maximum Gasteiger partial charge on any atom is 0.452 e. The lowest BCUT2D eigenvalue weighted by Crippen LogP contribution is -2.59. The van der Waals surface area contributed by atoms with E-state index in [0.717, 1.165) is 12.8 Å². The highest BCUT2D eigenvalue weighted by Crippen LogP contribution is 2.40. The zero-order chi connectivity index (χ0) is 37.1. The van der Waals surface area contributed by atoms with Crippen molar-refractivity contribution in [2.45, 2.75) is 95.0 Å². The van der Waals surface area contributed by atoms with Gasteiger partial charge < -0.3 is 15.5 Å². The van der Waals surface area contributed by atoms with Gasteiger partial charge >= 0.3 is 6.18 Å². The van der Waals surface area contributed by atoms with Crippen molar-refractivity contribution in [2.24, 2.45) is 17.8 Å². The molecule has 1 saturated carbocycles. The smallest absolute Gasteiger partial charge is 0.344 e. The number of sulfonamides is 1. The number of nitrogens with one attached hydrogen (secondary N) is 3. The number of nitrogens with zero attached hydrogens (tertiary/aromatic N) is 1. The van der Waals surface area contributed by atoms with Crippen molar-refractivity contribution >= 4 is 51.0 Å². The Bertz CT molecular complexity index is 1720. The molecule has 2 aromatic carbocycles. The van der Waals surface area contributed by atoms with E-state index in [9.17, 15) is 45.6 Å². The van der Waals surface area contributed by atoms with E-state index in [2.05, 4.69) is 10.6 Å². The van der Waals surface area contributed by atoms with Crippen molar-refractivity contribution in [1.82, 2.24) is 20.3 Å². The normalized spacial score (nSPS) is 20.5. The second-order valence-corrected chi connectivity index (χ2v) is 15.5. The predicted octanol–water partition coefficient (Wildman–Crippen LogP) is 4.65. The van der Waals surface area contributed by atoms with Crippen LogP contribution in [-0.2, 0) is 24.4 Å². The second-order valence-electron chi connectivity index (χ2n) is 13.4. The van der Waals surface area contributed by atoms with Crippen molar-refractivity contribution in [3.8, 4) is 0 Å². The topological polar surface area (TPSA) is 159 Å². The van der Waals surface area contributed by atoms with Gasteiger partial charge in [-0.3, -0.25) is 24.0 Å². The fourth-order valence-electron chi connectivity index (χ4n) is 6.50. The number of hydrogen-bond acceptors (Lipinski definition) is 7. The standard InChI is InChI=1S/C34H40ClF3N4O7S/c1-18(2)27(29(43)34(36,37)38)39-32(46)26-17-22-7-5-6-8-25(22)42(26)33(47)28(19(3)4)40-30(44)20-9-11-21(12-10-20)31(45)41-50(48,49)24-15-13-23(35)14-16-24/h9-16,18-19,22,25-28H,5-8,17H2,1-4H3,(H,39,46)(H,40,44)(H,41,45)/t22-,25-,26-,27?,28-/m0/s1. The SMILES string of the molecule is CC(C)C(NC(=O)[C@@H]1C[C@@H]2CCCC[C@@H]2N1C(=O)[C@@H](NC(=O)c1ccc(C(=O)NS(=O)(=O)c2ccc(Cl)cc2)cc1)C(C)C)C(=O)C(F)(F)F. The highest BCUT2D eigenvalue weighted by atomic mass is 35.5. The van der Waals surface area contributed by atoms with Gasteiger partial charge in [-0.2, -0.15) is 13.2 Å². The van der Waals surface area contributed by atoms with Gasteiger partial charge in [0, 0.05) is 22.2 Å². The fraction of sp³-hybridized carbons (Fsp3) is 0.500. The van der Waals surface area contributed by atoms with Gasteiger partial charge in [-0.1, -0.05) is 52.1 Å². The molecular formula is C34H40ClF3N4O7S. The first kappa shape index (κ1) is 38.8. The minimum atomic E-state index is -5.16. The molecule has 0 spiro atoms. The van der Waals surface area contributed by atoms with Crippen LogP contribution in [0.2, 0.25) is 5.02 Å². The summed E-state index contributed by atoms with van der Waals surface area (Å²) >= 11 is 5.80. The Balaban J connectivity index is 1.51. The fourth-order valence-corrected chi connectivity index (χ4v) is 7.60. The molecule has 2 fully saturated rings. The highest BCUT2D eigenvalue weighted by Gasteiger charge is 2.51. The monoisotopic (exact) mass is 740 g/mol. The van der Waals surface area contributed by atoms with Crippen molar-refractivity contribution in [3.05, 3.63) is 64.7 Å². The molecule has 1 aliphatic carbocycles. The zero-order valence-corrected chi connectivity index (χ0v) is 29.5. The maximum atomic E-state index is 14.2. The number of alkyl halides is 3. The molecule has 2 aliphatic rings. The third-order valence-electron chi connectivity index (χ3n) is 9.15. The summed E-state index contributed by atoms with van der Waals surface area (Å²) < 4.78 is 67.2. The lowest BCUT2D eigenvalue weighted by atomic mass is 9.84. The van der Waals surface area contributed by atoms with Crippen molar-refractivity contribution in [1.29, 1.82) is 0 Å². The van der Waals surface area contributed by atoms with Crippen LogP contribution in [-0.4, -0.2) is 73.1 Å². The van der Waals surface area contributed by atoms with E-state index in [-0.39, 0.29) is 34.4 Å². The van der Waals surface area contributed by atoms with Gasteiger partial charge in [-0.25, -0.2) is 13.1 Å². The Kier molecular flexibility index (Phi) is 12.0. The van der Waals surface area contributed by atoms with Crippen LogP contribution in [0.25, 0.3) is 0 Å². The third kappa shape index (κ3) is 8.84. The van der Waals surface area contributed by atoms with Crippen LogP contribution in [0.1, 0.15) is 80.5 Å². The summed E-state index contributed by atoms with van der Waals surface area (Å²) in [6.07, 6.45) is -2.02. The molecule has 1 unspecified atom stereocenters. The largest absolute Gasteiger partial charge is 0.452 e. The number of Topliss-reactive ketones (excluding diaryl/α,β-unsaturated/α-hetero) is 1. The van der Waals surface area contributed by atoms with E-state index in [1.165, 1.54) is 67.3 Å². The van der Waals surface area contributed by atoms with E-state index < -0.39 is 75.6 Å². The number of ketones is 1. The molecule has 0 bridgehead atoms. The molecule has 4 amide bonds. The number of rotatable bonds is 11. The lowest BCUT2D eigenvalue weighted by molar-refractivity contribution is -0.175. The number of hydrogen-bond donors (Lipinski definition) is 3. The van der Waals surface area contributed by atoms with E-state index >= 15 is 0 Å². The summed E-state index contributed by atoms with van der Waals surface area (Å²) in [6, 6.07) is 5.78. The molecule has 1 aliphatic heterocycles. The Morgan fingerprint density at radius 1 is 0.800 bits per heavy atom.